The summed E-state index contributed by atoms with van der Waals surface area (Å²) in [6.45, 7) is 2.23. The maximum absolute atomic E-state index is 14.0. The van der Waals surface area contributed by atoms with Crippen LogP contribution in [-0.2, 0) is 4.74 Å². The first-order valence-corrected chi connectivity index (χ1v) is 8.10. The number of hydrogen-bond donors (Lipinski definition) is 0. The predicted molar refractivity (Wildman–Crippen MR) is 91.7 cm³/mol. The highest BCUT2D eigenvalue weighted by Gasteiger charge is 2.19. The number of pyridine rings is 2. The summed E-state index contributed by atoms with van der Waals surface area (Å²) in [6, 6.07) is 9.78. The van der Waals surface area contributed by atoms with Gasteiger partial charge in [-0.25, -0.2) is 4.39 Å². The highest BCUT2D eigenvalue weighted by atomic mass is 19.1. The summed E-state index contributed by atoms with van der Waals surface area (Å²) < 4.78 is 19.3. The molecule has 1 amide bonds. The number of halogens is 1. The number of carbonyl (C=O) groups excluding carboxylic acids is 1. The van der Waals surface area contributed by atoms with Crippen molar-refractivity contribution in [3.05, 3.63) is 60.2 Å². The lowest BCUT2D eigenvalue weighted by molar-refractivity contribution is 0.0303. The number of fused-ring (bicyclic) bond motifs is 1. The van der Waals surface area contributed by atoms with Gasteiger partial charge in [0.1, 0.15) is 5.82 Å². The molecule has 1 aliphatic rings. The average molecular weight is 337 g/mol. The molecule has 6 heteroatoms. The van der Waals surface area contributed by atoms with Gasteiger partial charge in [0.15, 0.2) is 0 Å². The molecular formula is C19H16FN3O2. The molecule has 0 radical (unpaired) electrons. The molecular weight excluding hydrogens is 321 g/mol. The second-order valence-electron chi connectivity index (χ2n) is 5.86. The Kier molecular flexibility index (Phi) is 4.11. The lowest BCUT2D eigenvalue weighted by Gasteiger charge is -2.26. The quantitative estimate of drug-likeness (QED) is 0.721. The molecule has 25 heavy (non-hydrogen) atoms. The summed E-state index contributed by atoms with van der Waals surface area (Å²) in [7, 11) is 0. The number of hydrogen-bond acceptors (Lipinski definition) is 4. The topological polar surface area (TPSA) is 55.3 Å². The van der Waals surface area contributed by atoms with E-state index in [4.69, 9.17) is 4.74 Å². The molecule has 3 heterocycles. The van der Waals surface area contributed by atoms with Crippen LogP contribution < -0.4 is 0 Å². The van der Waals surface area contributed by atoms with Crippen LogP contribution in [0.15, 0.2) is 48.8 Å². The molecule has 3 aromatic rings. The van der Waals surface area contributed by atoms with Crippen molar-refractivity contribution in [2.45, 2.75) is 0 Å². The number of nitrogens with zero attached hydrogens (tertiary/aromatic N) is 3. The number of rotatable bonds is 2. The molecule has 126 valence electrons. The van der Waals surface area contributed by atoms with Crippen LogP contribution >= 0.6 is 0 Å². The molecule has 1 aromatic carbocycles. The Morgan fingerprint density at radius 3 is 2.76 bits per heavy atom. The zero-order chi connectivity index (χ0) is 17.2. The summed E-state index contributed by atoms with van der Waals surface area (Å²) in [4.78, 5) is 23.1. The number of aromatic nitrogens is 2. The lowest BCUT2D eigenvalue weighted by atomic mass is 10.0. The molecule has 0 saturated carbocycles. The Bertz CT molecular complexity index is 939. The fraction of sp³-hybridized carbons (Fsp3) is 0.211. The van der Waals surface area contributed by atoms with Crippen molar-refractivity contribution in [3.8, 4) is 11.3 Å². The molecule has 0 N–H and O–H groups in total. The van der Waals surface area contributed by atoms with Crippen molar-refractivity contribution < 1.29 is 13.9 Å². The lowest BCUT2D eigenvalue weighted by Crippen LogP contribution is -2.40. The first kappa shape index (κ1) is 15.7. The third kappa shape index (κ3) is 3.08. The van der Waals surface area contributed by atoms with Gasteiger partial charge in [0, 0.05) is 42.0 Å². The van der Waals surface area contributed by atoms with Gasteiger partial charge in [-0.05, 0) is 30.3 Å². The van der Waals surface area contributed by atoms with E-state index >= 15 is 0 Å². The van der Waals surface area contributed by atoms with Gasteiger partial charge in [-0.2, -0.15) is 0 Å². The number of amides is 1. The zero-order valence-electron chi connectivity index (χ0n) is 13.5. The number of ether oxygens (including phenoxy) is 1. The van der Waals surface area contributed by atoms with Crippen molar-refractivity contribution >= 4 is 16.8 Å². The van der Waals surface area contributed by atoms with E-state index < -0.39 is 0 Å². The second kappa shape index (κ2) is 6.57. The molecule has 1 saturated heterocycles. The standard InChI is InChI=1S/C19H16FN3O2/c20-15-10-13-2-1-4-22-18(13)16(12-15)17-11-14(3-5-21-17)19(24)23-6-8-25-9-7-23/h1-5,10-12H,6-9H2. The van der Waals surface area contributed by atoms with Gasteiger partial charge in [0.2, 0.25) is 0 Å². The normalized spacial score (nSPS) is 14.7. The predicted octanol–water partition coefficient (Wildman–Crippen LogP) is 2.91. The highest BCUT2D eigenvalue weighted by Crippen LogP contribution is 2.27. The number of carbonyl (C=O) groups is 1. The summed E-state index contributed by atoms with van der Waals surface area (Å²) >= 11 is 0. The Hall–Kier alpha value is -2.86. The molecule has 0 spiro atoms. The van der Waals surface area contributed by atoms with Crippen molar-refractivity contribution in [2.75, 3.05) is 26.3 Å². The van der Waals surface area contributed by atoms with E-state index in [0.29, 0.717) is 54.0 Å². The highest BCUT2D eigenvalue weighted by molar-refractivity contribution is 5.97. The molecule has 4 rings (SSSR count). The smallest absolute Gasteiger partial charge is 0.254 e. The molecule has 1 aliphatic heterocycles. The van der Waals surface area contributed by atoms with E-state index in [1.54, 1.807) is 41.6 Å². The third-order valence-electron chi connectivity index (χ3n) is 4.25. The van der Waals surface area contributed by atoms with Crippen molar-refractivity contribution in [1.82, 2.24) is 14.9 Å². The molecule has 2 aromatic heterocycles. The van der Waals surface area contributed by atoms with Crippen LogP contribution in [0.2, 0.25) is 0 Å². The van der Waals surface area contributed by atoms with Gasteiger partial charge in [-0.15, -0.1) is 0 Å². The number of benzene rings is 1. The van der Waals surface area contributed by atoms with Crippen LogP contribution in [0.3, 0.4) is 0 Å². The molecule has 0 aliphatic carbocycles. The van der Waals surface area contributed by atoms with Gasteiger partial charge in [0.25, 0.3) is 5.91 Å². The fourth-order valence-electron chi connectivity index (χ4n) is 3.01. The monoisotopic (exact) mass is 337 g/mol. The average Bonchev–Trinajstić information content (AvgIpc) is 2.67. The minimum absolute atomic E-state index is 0.0689. The Morgan fingerprint density at radius 2 is 1.92 bits per heavy atom. The summed E-state index contributed by atoms with van der Waals surface area (Å²) in [6.07, 6.45) is 3.23. The molecule has 0 bridgehead atoms. The SMILES string of the molecule is O=C(c1ccnc(-c2cc(F)cc3cccnc23)c1)N1CCOCC1. The van der Waals surface area contributed by atoms with Gasteiger partial charge in [-0.1, -0.05) is 6.07 Å². The first-order chi connectivity index (χ1) is 12.2. The van der Waals surface area contributed by atoms with E-state index in [2.05, 4.69) is 9.97 Å². The maximum atomic E-state index is 14.0. The Labute approximate surface area is 144 Å². The summed E-state index contributed by atoms with van der Waals surface area (Å²) in [5, 5.41) is 0.698. The minimum atomic E-state index is -0.359. The van der Waals surface area contributed by atoms with Crippen LogP contribution in [0.25, 0.3) is 22.2 Å². The van der Waals surface area contributed by atoms with E-state index in [-0.39, 0.29) is 11.7 Å². The van der Waals surface area contributed by atoms with Gasteiger partial charge in [-0.3, -0.25) is 14.8 Å². The molecule has 1 fully saturated rings. The van der Waals surface area contributed by atoms with Crippen LogP contribution in [0, 0.1) is 5.82 Å². The Balaban J connectivity index is 1.76. The first-order valence-electron chi connectivity index (χ1n) is 8.10. The van der Waals surface area contributed by atoms with E-state index in [1.165, 1.54) is 12.1 Å². The summed E-state index contributed by atoms with van der Waals surface area (Å²) in [5.41, 5.74) is 2.29. The van der Waals surface area contributed by atoms with Crippen molar-refractivity contribution in [3.63, 3.8) is 0 Å². The van der Waals surface area contributed by atoms with Crippen molar-refractivity contribution in [2.24, 2.45) is 0 Å². The van der Waals surface area contributed by atoms with Crippen LogP contribution in [0.1, 0.15) is 10.4 Å². The van der Waals surface area contributed by atoms with Crippen molar-refractivity contribution in [1.29, 1.82) is 0 Å². The van der Waals surface area contributed by atoms with Crippen LogP contribution in [0.5, 0.6) is 0 Å². The maximum Gasteiger partial charge on any atom is 0.254 e. The summed E-state index contributed by atoms with van der Waals surface area (Å²) in [5.74, 6) is -0.428. The van der Waals surface area contributed by atoms with Crippen LogP contribution in [-0.4, -0.2) is 47.1 Å². The van der Waals surface area contributed by atoms with E-state index in [0.717, 1.165) is 0 Å². The van der Waals surface area contributed by atoms with Gasteiger partial charge >= 0.3 is 0 Å². The van der Waals surface area contributed by atoms with E-state index in [1.807, 2.05) is 0 Å². The fourth-order valence-corrected chi connectivity index (χ4v) is 3.01. The number of morpholine rings is 1. The molecule has 0 unspecified atom stereocenters. The van der Waals surface area contributed by atoms with Gasteiger partial charge in [0.05, 0.1) is 24.4 Å². The minimum Gasteiger partial charge on any atom is -0.378 e. The second-order valence-corrected chi connectivity index (χ2v) is 5.86. The molecule has 0 atom stereocenters. The molecule has 5 nitrogen and oxygen atoms in total. The van der Waals surface area contributed by atoms with E-state index in [9.17, 15) is 9.18 Å². The Morgan fingerprint density at radius 1 is 1.08 bits per heavy atom. The third-order valence-corrected chi connectivity index (χ3v) is 4.25. The van der Waals surface area contributed by atoms with Gasteiger partial charge < -0.3 is 9.64 Å². The largest absolute Gasteiger partial charge is 0.378 e. The zero-order valence-corrected chi connectivity index (χ0v) is 13.5. The van der Waals surface area contributed by atoms with Crippen LogP contribution in [0.4, 0.5) is 4.39 Å².